The molecule has 0 aliphatic carbocycles. The lowest BCUT2D eigenvalue weighted by atomic mass is 10.2. The number of carbonyl (C=O) groups excluding carboxylic acids is 1. The number of halogens is 1. The molecule has 8 heteroatoms. The Kier molecular flexibility index (Phi) is 5.66. The third kappa shape index (κ3) is 4.54. The van der Waals surface area contributed by atoms with E-state index in [4.69, 9.17) is 16.3 Å². The van der Waals surface area contributed by atoms with Gasteiger partial charge < -0.3 is 10.1 Å². The van der Waals surface area contributed by atoms with Gasteiger partial charge in [-0.3, -0.25) is 14.4 Å². The van der Waals surface area contributed by atoms with Gasteiger partial charge in [0.1, 0.15) is 6.54 Å². The number of carbonyl (C=O) groups is 1. The highest BCUT2D eigenvalue weighted by atomic mass is 35.5. The van der Waals surface area contributed by atoms with Gasteiger partial charge >= 0.3 is 0 Å². The number of nitrogens with one attached hydrogen (secondary N) is 1. The van der Waals surface area contributed by atoms with E-state index in [9.17, 15) is 4.79 Å². The first-order chi connectivity index (χ1) is 11.2. The molecule has 2 aromatic heterocycles. The van der Waals surface area contributed by atoms with E-state index in [0.29, 0.717) is 11.6 Å². The standard InChI is InChI=1S/C15H19ClN4O2S/c16-12-8-18-20(10-12)11-15(21)17-9-13(14-2-1-7-23-14)19-3-5-22-6-4-19/h1-2,7-8,10,13H,3-6,9,11H2,(H,17,21). The predicted octanol–water partition coefficient (Wildman–Crippen LogP) is 1.79. The predicted molar refractivity (Wildman–Crippen MR) is 89.7 cm³/mol. The number of nitrogens with zero attached hydrogens (tertiary/aromatic N) is 3. The molecule has 1 unspecified atom stereocenters. The van der Waals surface area contributed by atoms with Crippen LogP contribution in [-0.4, -0.2) is 53.4 Å². The van der Waals surface area contributed by atoms with Crippen molar-refractivity contribution in [3.63, 3.8) is 0 Å². The third-order valence-electron chi connectivity index (χ3n) is 3.76. The normalized spacial score (nSPS) is 17.1. The van der Waals surface area contributed by atoms with Gasteiger partial charge in [0.25, 0.3) is 0 Å². The molecule has 23 heavy (non-hydrogen) atoms. The van der Waals surface area contributed by atoms with E-state index in [2.05, 4.69) is 26.8 Å². The molecule has 1 aliphatic rings. The lowest BCUT2D eigenvalue weighted by Gasteiger charge is -2.34. The highest BCUT2D eigenvalue weighted by Crippen LogP contribution is 2.25. The molecule has 0 radical (unpaired) electrons. The summed E-state index contributed by atoms with van der Waals surface area (Å²) in [5.74, 6) is -0.0698. The summed E-state index contributed by atoms with van der Waals surface area (Å²) in [4.78, 5) is 15.7. The van der Waals surface area contributed by atoms with Crippen molar-refractivity contribution in [3.05, 3.63) is 39.8 Å². The van der Waals surface area contributed by atoms with Gasteiger partial charge in [-0.15, -0.1) is 11.3 Å². The van der Waals surface area contributed by atoms with Gasteiger partial charge in [0, 0.05) is 30.7 Å². The monoisotopic (exact) mass is 354 g/mol. The van der Waals surface area contributed by atoms with Crippen LogP contribution in [-0.2, 0) is 16.1 Å². The van der Waals surface area contributed by atoms with Gasteiger partial charge in [-0.2, -0.15) is 5.10 Å². The second-order valence-corrected chi connectivity index (χ2v) is 6.76. The number of hydrogen-bond acceptors (Lipinski definition) is 5. The van der Waals surface area contributed by atoms with E-state index in [1.54, 1.807) is 17.5 Å². The van der Waals surface area contributed by atoms with Crippen molar-refractivity contribution in [1.82, 2.24) is 20.0 Å². The fourth-order valence-electron chi connectivity index (χ4n) is 2.62. The summed E-state index contributed by atoms with van der Waals surface area (Å²) >= 11 is 7.52. The van der Waals surface area contributed by atoms with Gasteiger partial charge in [-0.1, -0.05) is 17.7 Å². The van der Waals surface area contributed by atoms with E-state index in [1.807, 2.05) is 6.07 Å². The largest absolute Gasteiger partial charge is 0.379 e. The average Bonchev–Trinajstić information content (AvgIpc) is 3.21. The lowest BCUT2D eigenvalue weighted by molar-refractivity contribution is -0.122. The fraction of sp³-hybridized carbons (Fsp3) is 0.467. The Morgan fingerprint density at radius 2 is 2.30 bits per heavy atom. The number of thiophene rings is 1. The van der Waals surface area contributed by atoms with Crippen LogP contribution in [0.15, 0.2) is 29.9 Å². The first kappa shape index (κ1) is 16.4. The molecule has 6 nitrogen and oxygen atoms in total. The van der Waals surface area contributed by atoms with E-state index in [1.165, 1.54) is 15.8 Å². The van der Waals surface area contributed by atoms with Crippen LogP contribution in [0.5, 0.6) is 0 Å². The van der Waals surface area contributed by atoms with Crippen LogP contribution in [0.4, 0.5) is 0 Å². The molecule has 1 aliphatic heterocycles. The van der Waals surface area contributed by atoms with Crippen molar-refractivity contribution in [2.75, 3.05) is 32.8 Å². The fourth-order valence-corrected chi connectivity index (χ4v) is 3.64. The van der Waals surface area contributed by atoms with Gasteiger partial charge in [0.05, 0.1) is 30.5 Å². The minimum atomic E-state index is -0.0698. The van der Waals surface area contributed by atoms with Gasteiger partial charge in [-0.25, -0.2) is 0 Å². The Labute approximate surface area is 144 Å². The molecule has 3 heterocycles. The molecule has 0 bridgehead atoms. The molecule has 0 saturated carbocycles. The summed E-state index contributed by atoms with van der Waals surface area (Å²) in [5.41, 5.74) is 0. The van der Waals surface area contributed by atoms with Crippen LogP contribution >= 0.6 is 22.9 Å². The van der Waals surface area contributed by atoms with Gasteiger partial charge in [-0.05, 0) is 11.4 Å². The van der Waals surface area contributed by atoms with Crippen molar-refractivity contribution in [3.8, 4) is 0 Å². The molecule has 124 valence electrons. The Bertz CT molecular complexity index is 625. The third-order valence-corrected chi connectivity index (χ3v) is 4.93. The van der Waals surface area contributed by atoms with E-state index in [-0.39, 0.29) is 18.5 Å². The number of amides is 1. The van der Waals surface area contributed by atoms with Gasteiger partial charge in [0.2, 0.25) is 5.91 Å². The number of ether oxygens (including phenoxy) is 1. The van der Waals surface area contributed by atoms with E-state index in [0.717, 1.165) is 26.3 Å². The number of hydrogen-bond donors (Lipinski definition) is 1. The molecular weight excluding hydrogens is 336 g/mol. The SMILES string of the molecule is O=C(Cn1cc(Cl)cn1)NCC(c1cccs1)N1CCOCC1. The molecule has 3 rings (SSSR count). The Hall–Kier alpha value is -1.41. The molecule has 2 aromatic rings. The van der Waals surface area contributed by atoms with Crippen molar-refractivity contribution in [1.29, 1.82) is 0 Å². The van der Waals surface area contributed by atoms with Crippen LogP contribution in [0.3, 0.4) is 0 Å². The second kappa shape index (κ2) is 7.92. The van der Waals surface area contributed by atoms with Crippen LogP contribution in [0.1, 0.15) is 10.9 Å². The number of rotatable bonds is 6. The number of aromatic nitrogens is 2. The van der Waals surface area contributed by atoms with Crippen LogP contribution < -0.4 is 5.32 Å². The molecular formula is C15H19ClN4O2S. The maximum absolute atomic E-state index is 12.1. The average molecular weight is 355 g/mol. The topological polar surface area (TPSA) is 59.4 Å². The summed E-state index contributed by atoms with van der Waals surface area (Å²) in [6, 6.07) is 4.34. The second-order valence-electron chi connectivity index (χ2n) is 5.34. The molecule has 1 saturated heterocycles. The highest BCUT2D eigenvalue weighted by Gasteiger charge is 2.23. The summed E-state index contributed by atoms with van der Waals surface area (Å²) < 4.78 is 6.96. The maximum Gasteiger partial charge on any atom is 0.241 e. The zero-order valence-corrected chi connectivity index (χ0v) is 14.2. The van der Waals surface area contributed by atoms with Crippen molar-refractivity contribution >= 4 is 28.8 Å². The van der Waals surface area contributed by atoms with Gasteiger partial charge in [0.15, 0.2) is 0 Å². The summed E-state index contributed by atoms with van der Waals surface area (Å²) in [6.07, 6.45) is 3.16. The Morgan fingerprint density at radius 3 is 2.96 bits per heavy atom. The number of morpholine rings is 1. The first-order valence-corrected chi connectivity index (χ1v) is 8.78. The zero-order chi connectivity index (χ0) is 16.1. The van der Waals surface area contributed by atoms with Crippen molar-refractivity contribution in [2.45, 2.75) is 12.6 Å². The van der Waals surface area contributed by atoms with Crippen LogP contribution in [0.2, 0.25) is 5.02 Å². The van der Waals surface area contributed by atoms with E-state index >= 15 is 0 Å². The minimum absolute atomic E-state index is 0.0698. The van der Waals surface area contributed by atoms with Crippen LogP contribution in [0, 0.1) is 0 Å². The maximum atomic E-state index is 12.1. The van der Waals surface area contributed by atoms with Crippen molar-refractivity contribution in [2.24, 2.45) is 0 Å². The van der Waals surface area contributed by atoms with Crippen LogP contribution in [0.25, 0.3) is 0 Å². The van der Waals surface area contributed by atoms with Crippen molar-refractivity contribution < 1.29 is 9.53 Å². The highest BCUT2D eigenvalue weighted by molar-refractivity contribution is 7.10. The molecule has 1 atom stereocenters. The molecule has 1 amide bonds. The zero-order valence-electron chi connectivity index (χ0n) is 12.7. The minimum Gasteiger partial charge on any atom is -0.379 e. The lowest BCUT2D eigenvalue weighted by Crippen LogP contribution is -2.44. The quantitative estimate of drug-likeness (QED) is 0.859. The summed E-state index contributed by atoms with van der Waals surface area (Å²) in [7, 11) is 0. The first-order valence-electron chi connectivity index (χ1n) is 7.52. The Morgan fingerprint density at radius 1 is 1.48 bits per heavy atom. The molecule has 0 spiro atoms. The molecule has 0 aromatic carbocycles. The molecule has 1 fully saturated rings. The summed E-state index contributed by atoms with van der Waals surface area (Å²) in [5, 5.41) is 9.62. The van der Waals surface area contributed by atoms with E-state index < -0.39 is 0 Å². The molecule has 1 N–H and O–H groups in total. The smallest absolute Gasteiger partial charge is 0.241 e. The Balaban J connectivity index is 1.58. The summed E-state index contributed by atoms with van der Waals surface area (Å²) in [6.45, 7) is 3.99.